The van der Waals surface area contributed by atoms with E-state index in [4.69, 9.17) is 0 Å². The molecule has 0 radical (unpaired) electrons. The third-order valence-electron chi connectivity index (χ3n) is 4.65. The summed E-state index contributed by atoms with van der Waals surface area (Å²) in [5.41, 5.74) is 4.52. The van der Waals surface area contributed by atoms with Gasteiger partial charge in [0.15, 0.2) is 5.82 Å². The lowest BCUT2D eigenvalue weighted by molar-refractivity contribution is 0.251. The SMILES string of the molecule is O=C(NCc1ccnc(-n2cccn2)c1)Nc1cccc2c1CCCC2. The van der Waals surface area contributed by atoms with Crippen LogP contribution in [0, 0.1) is 0 Å². The van der Waals surface area contributed by atoms with Crippen molar-refractivity contribution in [2.24, 2.45) is 0 Å². The summed E-state index contributed by atoms with van der Waals surface area (Å²) < 4.78 is 1.69. The first kappa shape index (κ1) is 16.3. The lowest BCUT2D eigenvalue weighted by atomic mass is 9.90. The molecule has 2 aromatic heterocycles. The summed E-state index contributed by atoms with van der Waals surface area (Å²) in [7, 11) is 0. The van der Waals surface area contributed by atoms with Gasteiger partial charge < -0.3 is 10.6 Å². The largest absolute Gasteiger partial charge is 0.334 e. The number of aromatic nitrogens is 3. The zero-order valence-corrected chi connectivity index (χ0v) is 14.5. The minimum Gasteiger partial charge on any atom is -0.334 e. The van der Waals surface area contributed by atoms with E-state index in [9.17, 15) is 4.79 Å². The second-order valence-electron chi connectivity index (χ2n) is 6.43. The van der Waals surface area contributed by atoms with Crippen LogP contribution in [-0.2, 0) is 19.4 Å². The van der Waals surface area contributed by atoms with Crippen molar-refractivity contribution in [3.63, 3.8) is 0 Å². The van der Waals surface area contributed by atoms with Gasteiger partial charge in [0.2, 0.25) is 0 Å². The van der Waals surface area contributed by atoms with Gasteiger partial charge in [-0.1, -0.05) is 12.1 Å². The lowest BCUT2D eigenvalue weighted by Gasteiger charge is -2.19. The van der Waals surface area contributed by atoms with E-state index in [-0.39, 0.29) is 6.03 Å². The Morgan fingerprint density at radius 3 is 2.92 bits per heavy atom. The third kappa shape index (κ3) is 3.59. The van der Waals surface area contributed by atoms with Gasteiger partial charge in [-0.3, -0.25) is 0 Å². The summed E-state index contributed by atoms with van der Waals surface area (Å²) >= 11 is 0. The van der Waals surface area contributed by atoms with E-state index < -0.39 is 0 Å². The number of nitrogens with one attached hydrogen (secondary N) is 2. The number of aryl methyl sites for hydroxylation is 1. The van der Waals surface area contributed by atoms with Crippen molar-refractivity contribution in [2.75, 3.05) is 5.32 Å². The Morgan fingerprint density at radius 2 is 2.04 bits per heavy atom. The number of hydrogen-bond donors (Lipinski definition) is 2. The molecule has 1 aliphatic carbocycles. The van der Waals surface area contributed by atoms with E-state index in [1.165, 1.54) is 24.0 Å². The summed E-state index contributed by atoms with van der Waals surface area (Å²) in [6, 6.07) is 11.6. The first-order chi connectivity index (χ1) is 12.8. The van der Waals surface area contributed by atoms with Crippen LogP contribution in [0.15, 0.2) is 55.0 Å². The number of fused-ring (bicyclic) bond motifs is 1. The standard InChI is InChI=1S/C20H21N5O/c26-20(24-18-8-3-6-16-5-1-2-7-17(16)18)22-14-15-9-11-21-19(13-15)25-12-4-10-23-25/h3-4,6,8-13H,1-2,5,7,14H2,(H2,22,24,26). The van der Waals surface area contributed by atoms with Crippen LogP contribution in [0.25, 0.3) is 5.82 Å². The van der Waals surface area contributed by atoms with E-state index >= 15 is 0 Å². The summed E-state index contributed by atoms with van der Waals surface area (Å²) in [5, 5.41) is 10.1. The summed E-state index contributed by atoms with van der Waals surface area (Å²) in [6.45, 7) is 0.428. The van der Waals surface area contributed by atoms with Crippen molar-refractivity contribution in [2.45, 2.75) is 32.2 Å². The van der Waals surface area contributed by atoms with E-state index in [1.54, 1.807) is 17.1 Å². The molecule has 0 saturated carbocycles. The minimum absolute atomic E-state index is 0.193. The molecule has 0 aliphatic heterocycles. The molecule has 2 amide bonds. The van der Waals surface area contributed by atoms with Crippen LogP contribution in [0.1, 0.15) is 29.5 Å². The number of rotatable bonds is 4. The maximum absolute atomic E-state index is 12.3. The Kier molecular flexibility index (Phi) is 4.64. The summed E-state index contributed by atoms with van der Waals surface area (Å²) in [6.07, 6.45) is 9.80. The van der Waals surface area contributed by atoms with Gasteiger partial charge in [0, 0.05) is 30.8 Å². The molecule has 2 N–H and O–H groups in total. The van der Waals surface area contributed by atoms with Crippen molar-refractivity contribution >= 4 is 11.7 Å². The van der Waals surface area contributed by atoms with Gasteiger partial charge in [0.05, 0.1) is 0 Å². The predicted octanol–water partition coefficient (Wildman–Crippen LogP) is 3.47. The number of carbonyl (C=O) groups excluding carboxylic acids is 1. The molecule has 0 atom stereocenters. The predicted molar refractivity (Wildman–Crippen MR) is 100 cm³/mol. The Bertz CT molecular complexity index is 904. The van der Waals surface area contributed by atoms with Crippen molar-refractivity contribution in [3.05, 3.63) is 71.7 Å². The van der Waals surface area contributed by atoms with E-state index in [0.717, 1.165) is 29.9 Å². The minimum atomic E-state index is -0.193. The van der Waals surface area contributed by atoms with Gasteiger partial charge >= 0.3 is 6.03 Å². The second kappa shape index (κ2) is 7.39. The van der Waals surface area contributed by atoms with Gasteiger partial charge in [0.25, 0.3) is 0 Å². The molecule has 26 heavy (non-hydrogen) atoms. The van der Waals surface area contributed by atoms with Crippen molar-refractivity contribution < 1.29 is 4.79 Å². The highest BCUT2D eigenvalue weighted by atomic mass is 16.2. The van der Waals surface area contributed by atoms with Crippen LogP contribution in [0.4, 0.5) is 10.5 Å². The molecule has 1 aliphatic rings. The average Bonchev–Trinajstić information content (AvgIpc) is 3.22. The van der Waals surface area contributed by atoms with Gasteiger partial charge in [0.1, 0.15) is 0 Å². The first-order valence-electron chi connectivity index (χ1n) is 8.90. The molecule has 1 aromatic carbocycles. The van der Waals surface area contributed by atoms with Crippen LogP contribution >= 0.6 is 0 Å². The zero-order chi connectivity index (χ0) is 17.8. The highest BCUT2D eigenvalue weighted by molar-refractivity contribution is 5.90. The second-order valence-corrected chi connectivity index (χ2v) is 6.43. The Hall–Kier alpha value is -3.15. The average molecular weight is 347 g/mol. The fraction of sp³-hybridized carbons (Fsp3) is 0.250. The zero-order valence-electron chi connectivity index (χ0n) is 14.5. The Labute approximate surface area is 152 Å². The Morgan fingerprint density at radius 1 is 1.12 bits per heavy atom. The highest BCUT2D eigenvalue weighted by Crippen LogP contribution is 2.27. The lowest BCUT2D eigenvalue weighted by Crippen LogP contribution is -2.29. The normalized spacial score (nSPS) is 13.1. The first-order valence-corrected chi connectivity index (χ1v) is 8.90. The highest BCUT2D eigenvalue weighted by Gasteiger charge is 2.14. The number of pyridine rings is 1. The third-order valence-corrected chi connectivity index (χ3v) is 4.65. The maximum Gasteiger partial charge on any atom is 0.319 e. The van der Waals surface area contributed by atoms with Crippen molar-refractivity contribution in [1.82, 2.24) is 20.1 Å². The van der Waals surface area contributed by atoms with Gasteiger partial charge in [-0.2, -0.15) is 5.10 Å². The molecule has 6 nitrogen and oxygen atoms in total. The smallest absolute Gasteiger partial charge is 0.319 e. The summed E-state index contributed by atoms with van der Waals surface area (Å²) in [5.74, 6) is 0.729. The number of hydrogen-bond acceptors (Lipinski definition) is 3. The monoisotopic (exact) mass is 347 g/mol. The molecule has 4 rings (SSSR count). The molecule has 2 heterocycles. The van der Waals surface area contributed by atoms with Gasteiger partial charge in [-0.05, 0) is 66.6 Å². The molecular formula is C20H21N5O. The number of nitrogens with zero attached hydrogens (tertiary/aromatic N) is 3. The van der Waals surface area contributed by atoms with Crippen LogP contribution in [0.2, 0.25) is 0 Å². The van der Waals surface area contributed by atoms with Gasteiger partial charge in [-0.15, -0.1) is 0 Å². The van der Waals surface area contributed by atoms with Crippen molar-refractivity contribution in [1.29, 1.82) is 0 Å². The molecule has 0 saturated heterocycles. The quantitative estimate of drug-likeness (QED) is 0.759. The van der Waals surface area contributed by atoms with E-state index in [2.05, 4.69) is 26.8 Å². The fourth-order valence-corrected chi connectivity index (χ4v) is 3.35. The van der Waals surface area contributed by atoms with E-state index in [1.807, 2.05) is 36.5 Å². The van der Waals surface area contributed by atoms with Gasteiger partial charge in [-0.25, -0.2) is 14.5 Å². The van der Waals surface area contributed by atoms with Crippen LogP contribution in [0.5, 0.6) is 0 Å². The molecule has 6 heteroatoms. The van der Waals surface area contributed by atoms with E-state index in [0.29, 0.717) is 6.54 Å². The Balaban J connectivity index is 1.40. The molecule has 0 unspecified atom stereocenters. The number of anilines is 1. The molecule has 0 spiro atoms. The van der Waals surface area contributed by atoms with Crippen LogP contribution in [0.3, 0.4) is 0 Å². The topological polar surface area (TPSA) is 71.8 Å². The molecule has 0 fully saturated rings. The fourth-order valence-electron chi connectivity index (χ4n) is 3.35. The summed E-state index contributed by atoms with van der Waals surface area (Å²) in [4.78, 5) is 16.6. The number of urea groups is 1. The molecule has 132 valence electrons. The molecule has 3 aromatic rings. The number of carbonyl (C=O) groups is 1. The van der Waals surface area contributed by atoms with Crippen LogP contribution in [-0.4, -0.2) is 20.8 Å². The van der Waals surface area contributed by atoms with Crippen molar-refractivity contribution in [3.8, 4) is 5.82 Å². The van der Waals surface area contributed by atoms with Crippen LogP contribution < -0.4 is 10.6 Å². The number of benzene rings is 1. The maximum atomic E-state index is 12.3. The number of amides is 2. The molecular weight excluding hydrogens is 326 g/mol. The molecule has 0 bridgehead atoms.